The van der Waals surface area contributed by atoms with Crippen LogP contribution in [0, 0.1) is 0 Å². The molecule has 0 amide bonds. The van der Waals surface area contributed by atoms with Crippen LogP contribution in [0.3, 0.4) is 0 Å². The smallest absolute Gasteiger partial charge is 0.125 e. The molecule has 2 aromatic rings. The van der Waals surface area contributed by atoms with Crippen LogP contribution < -0.4 is 5.73 Å². The van der Waals surface area contributed by atoms with Crippen LogP contribution in [-0.4, -0.2) is 9.97 Å². The highest BCUT2D eigenvalue weighted by atomic mass is 35.5. The molecule has 2 rings (SSSR count). The van der Waals surface area contributed by atoms with E-state index in [-0.39, 0.29) is 0 Å². The van der Waals surface area contributed by atoms with Gasteiger partial charge in [0.15, 0.2) is 0 Å². The lowest BCUT2D eigenvalue weighted by molar-refractivity contribution is 1.01. The van der Waals surface area contributed by atoms with Crippen LogP contribution in [0.2, 0.25) is 4.34 Å². The maximum atomic E-state index is 5.96. The molecule has 0 unspecified atom stereocenters. The summed E-state index contributed by atoms with van der Waals surface area (Å²) < 4.78 is 0.666. The van der Waals surface area contributed by atoms with Gasteiger partial charge in [-0.05, 0) is 12.1 Å². The Labute approximate surface area is 90.6 Å². The first-order valence-electron chi connectivity index (χ1n) is 4.07. The molecule has 0 aliphatic rings. The predicted molar refractivity (Wildman–Crippen MR) is 58.2 cm³/mol. The van der Waals surface area contributed by atoms with Gasteiger partial charge < -0.3 is 5.73 Å². The number of hydrogen-bond acceptors (Lipinski definition) is 4. The highest BCUT2D eigenvalue weighted by Crippen LogP contribution is 2.30. The summed E-state index contributed by atoms with van der Waals surface area (Å²) in [7, 11) is 0. The zero-order valence-corrected chi connectivity index (χ0v) is 8.85. The van der Waals surface area contributed by atoms with E-state index in [0.717, 1.165) is 16.3 Å². The molecule has 0 spiro atoms. The fraction of sp³-hybridized carbons (Fsp3) is 0.111. The number of aromatic nitrogens is 2. The summed E-state index contributed by atoms with van der Waals surface area (Å²) >= 11 is 7.39. The first-order valence-corrected chi connectivity index (χ1v) is 5.26. The average molecular weight is 226 g/mol. The predicted octanol–water partition coefficient (Wildman–Crippen LogP) is 2.32. The second-order valence-electron chi connectivity index (χ2n) is 2.68. The molecule has 3 nitrogen and oxygen atoms in total. The first kappa shape index (κ1) is 9.58. The highest BCUT2D eigenvalue weighted by Gasteiger charge is 2.08. The third-order valence-electron chi connectivity index (χ3n) is 1.77. The fourth-order valence-electron chi connectivity index (χ4n) is 1.08. The molecule has 2 N–H and O–H groups in total. The molecule has 0 saturated heterocycles. The molecule has 0 aromatic carbocycles. The van der Waals surface area contributed by atoms with E-state index in [2.05, 4.69) is 9.97 Å². The minimum absolute atomic E-state index is 0.375. The van der Waals surface area contributed by atoms with E-state index in [1.165, 1.54) is 11.3 Å². The van der Waals surface area contributed by atoms with Gasteiger partial charge in [-0.25, -0.2) is 4.98 Å². The lowest BCUT2D eigenvalue weighted by Gasteiger charge is -1.92. The molecular formula is C9H8ClN3S. The van der Waals surface area contributed by atoms with Crippen molar-refractivity contribution in [2.24, 2.45) is 5.73 Å². The van der Waals surface area contributed by atoms with Crippen molar-refractivity contribution >= 4 is 22.9 Å². The molecule has 2 aromatic heterocycles. The number of rotatable bonds is 2. The Balaban J connectivity index is 2.43. The van der Waals surface area contributed by atoms with Crippen molar-refractivity contribution in [3.05, 3.63) is 34.6 Å². The molecule has 72 valence electrons. The topological polar surface area (TPSA) is 51.8 Å². The quantitative estimate of drug-likeness (QED) is 0.854. The van der Waals surface area contributed by atoms with E-state index < -0.39 is 0 Å². The molecule has 0 aliphatic heterocycles. The lowest BCUT2D eigenvalue weighted by atomic mass is 10.3. The van der Waals surface area contributed by atoms with Gasteiger partial charge in [0.1, 0.15) is 9.34 Å². The Hall–Kier alpha value is -0.970. The van der Waals surface area contributed by atoms with Crippen LogP contribution in [0.25, 0.3) is 10.6 Å². The van der Waals surface area contributed by atoms with Crippen molar-refractivity contribution in [3.63, 3.8) is 0 Å². The summed E-state index contributed by atoms with van der Waals surface area (Å²) in [5.74, 6) is 0. The van der Waals surface area contributed by atoms with Crippen LogP contribution in [0.15, 0.2) is 24.5 Å². The highest BCUT2D eigenvalue weighted by molar-refractivity contribution is 7.19. The lowest BCUT2D eigenvalue weighted by Crippen LogP contribution is -1.96. The summed E-state index contributed by atoms with van der Waals surface area (Å²) in [6, 6.07) is 3.80. The van der Waals surface area contributed by atoms with Crippen molar-refractivity contribution in [2.45, 2.75) is 6.54 Å². The zero-order chi connectivity index (χ0) is 9.97. The molecule has 14 heavy (non-hydrogen) atoms. The van der Waals surface area contributed by atoms with Gasteiger partial charge in [0.25, 0.3) is 0 Å². The average Bonchev–Trinajstić information content (AvgIpc) is 2.61. The number of halogens is 1. The van der Waals surface area contributed by atoms with Gasteiger partial charge in [0.05, 0.1) is 5.69 Å². The standard InChI is InChI=1S/C9H8ClN3S/c10-8-7(5-11)13-9(14-8)6-1-3-12-4-2-6/h1-4H,5,11H2. The second-order valence-corrected chi connectivity index (χ2v) is 4.28. The van der Waals surface area contributed by atoms with Crippen molar-refractivity contribution in [1.29, 1.82) is 0 Å². The van der Waals surface area contributed by atoms with Gasteiger partial charge in [0, 0.05) is 24.5 Å². The van der Waals surface area contributed by atoms with Crippen LogP contribution >= 0.6 is 22.9 Å². The van der Waals surface area contributed by atoms with Gasteiger partial charge in [-0.15, -0.1) is 11.3 Å². The largest absolute Gasteiger partial charge is 0.325 e. The fourth-order valence-corrected chi connectivity index (χ4v) is 2.24. The summed E-state index contributed by atoms with van der Waals surface area (Å²) in [5, 5.41) is 0.887. The molecule has 0 radical (unpaired) electrons. The molecule has 0 saturated carbocycles. The summed E-state index contributed by atoms with van der Waals surface area (Å²) in [6.07, 6.45) is 3.46. The van der Waals surface area contributed by atoms with E-state index in [4.69, 9.17) is 17.3 Å². The third kappa shape index (κ3) is 1.77. The van der Waals surface area contributed by atoms with Gasteiger partial charge in [-0.1, -0.05) is 11.6 Å². The number of nitrogens with zero attached hydrogens (tertiary/aromatic N) is 2. The molecule has 2 heterocycles. The maximum absolute atomic E-state index is 5.96. The minimum atomic E-state index is 0.375. The van der Waals surface area contributed by atoms with Crippen molar-refractivity contribution in [3.8, 4) is 10.6 Å². The number of pyridine rings is 1. The number of thiazole rings is 1. The Morgan fingerprint density at radius 3 is 2.64 bits per heavy atom. The summed E-state index contributed by atoms with van der Waals surface area (Å²) in [6.45, 7) is 0.375. The van der Waals surface area contributed by atoms with Crippen molar-refractivity contribution < 1.29 is 0 Å². The van der Waals surface area contributed by atoms with E-state index in [9.17, 15) is 0 Å². The van der Waals surface area contributed by atoms with Crippen LogP contribution in [0.4, 0.5) is 0 Å². The SMILES string of the molecule is NCc1nc(-c2ccncc2)sc1Cl. The Morgan fingerprint density at radius 2 is 2.07 bits per heavy atom. The summed E-state index contributed by atoms with van der Waals surface area (Å²) in [4.78, 5) is 8.27. The normalized spacial score (nSPS) is 10.4. The third-order valence-corrected chi connectivity index (χ3v) is 3.16. The Morgan fingerprint density at radius 1 is 1.36 bits per heavy atom. The van der Waals surface area contributed by atoms with E-state index in [1.807, 2.05) is 12.1 Å². The van der Waals surface area contributed by atoms with Crippen LogP contribution in [-0.2, 0) is 6.54 Å². The summed E-state index contributed by atoms with van der Waals surface area (Å²) in [5.41, 5.74) is 7.26. The molecule has 5 heteroatoms. The van der Waals surface area contributed by atoms with E-state index >= 15 is 0 Å². The van der Waals surface area contributed by atoms with Crippen LogP contribution in [0.1, 0.15) is 5.69 Å². The Kier molecular flexibility index (Phi) is 2.77. The molecule has 0 bridgehead atoms. The monoisotopic (exact) mass is 225 g/mol. The molecule has 0 aliphatic carbocycles. The van der Waals surface area contributed by atoms with Crippen molar-refractivity contribution in [2.75, 3.05) is 0 Å². The minimum Gasteiger partial charge on any atom is -0.325 e. The van der Waals surface area contributed by atoms with Gasteiger partial charge in [0.2, 0.25) is 0 Å². The number of nitrogens with two attached hydrogens (primary N) is 1. The number of hydrogen-bond donors (Lipinski definition) is 1. The van der Waals surface area contributed by atoms with E-state index in [1.54, 1.807) is 12.4 Å². The molecule has 0 atom stereocenters. The zero-order valence-electron chi connectivity index (χ0n) is 7.27. The first-order chi connectivity index (χ1) is 6.81. The van der Waals surface area contributed by atoms with Crippen LogP contribution in [0.5, 0.6) is 0 Å². The second kappa shape index (κ2) is 4.04. The molecular weight excluding hydrogens is 218 g/mol. The van der Waals surface area contributed by atoms with Gasteiger partial charge in [-0.2, -0.15) is 0 Å². The van der Waals surface area contributed by atoms with Crippen molar-refractivity contribution in [1.82, 2.24) is 9.97 Å². The van der Waals surface area contributed by atoms with Gasteiger partial charge >= 0.3 is 0 Å². The van der Waals surface area contributed by atoms with Gasteiger partial charge in [-0.3, -0.25) is 4.98 Å². The van der Waals surface area contributed by atoms with E-state index in [0.29, 0.717) is 10.9 Å². The Bertz CT molecular complexity index is 427. The molecule has 0 fully saturated rings. The maximum Gasteiger partial charge on any atom is 0.125 e.